The van der Waals surface area contributed by atoms with E-state index >= 15 is 0 Å². The Bertz CT molecular complexity index is 529. The predicted molar refractivity (Wildman–Crippen MR) is 75.5 cm³/mol. The van der Waals surface area contributed by atoms with Crippen LogP contribution in [0.4, 0.5) is 0 Å². The summed E-state index contributed by atoms with van der Waals surface area (Å²) in [5, 5.41) is 15.1. The van der Waals surface area contributed by atoms with Crippen molar-refractivity contribution in [1.29, 1.82) is 0 Å². The van der Waals surface area contributed by atoms with Gasteiger partial charge >= 0.3 is 0 Å². The summed E-state index contributed by atoms with van der Waals surface area (Å²) >= 11 is 0. The zero-order valence-corrected chi connectivity index (χ0v) is 11.0. The van der Waals surface area contributed by atoms with Gasteiger partial charge in [0, 0.05) is 30.1 Å². The number of rotatable bonds is 6. The van der Waals surface area contributed by atoms with Crippen molar-refractivity contribution in [2.45, 2.75) is 19.4 Å². The molecule has 0 radical (unpaired) electrons. The molecule has 1 heterocycles. The van der Waals surface area contributed by atoms with Crippen molar-refractivity contribution in [3.8, 4) is 0 Å². The van der Waals surface area contributed by atoms with Crippen LogP contribution in [-0.4, -0.2) is 29.8 Å². The third-order valence-corrected chi connectivity index (χ3v) is 2.89. The zero-order valence-electron chi connectivity index (χ0n) is 11.0. The van der Waals surface area contributed by atoms with Crippen LogP contribution in [0, 0.1) is 0 Å². The first kappa shape index (κ1) is 12.6. The summed E-state index contributed by atoms with van der Waals surface area (Å²) in [6.07, 6.45) is 0.882. The molecule has 4 heteroatoms. The van der Waals surface area contributed by atoms with Gasteiger partial charge in [-0.1, -0.05) is 24.8 Å². The molecule has 0 aliphatic carbocycles. The van der Waals surface area contributed by atoms with Crippen LogP contribution in [0.5, 0.6) is 0 Å². The Morgan fingerprint density at radius 1 is 1.44 bits per heavy atom. The minimum absolute atomic E-state index is 0.317. The maximum absolute atomic E-state index is 4.38. The molecule has 1 aromatic carbocycles. The number of H-pyrrole nitrogens is 1. The first-order valence-electron chi connectivity index (χ1n) is 6.21. The molecule has 18 heavy (non-hydrogen) atoms. The van der Waals surface area contributed by atoms with Crippen molar-refractivity contribution < 1.29 is 0 Å². The predicted octanol–water partition coefficient (Wildman–Crippen LogP) is 1.82. The molecule has 2 rings (SSSR count). The molecule has 4 nitrogen and oxygen atoms in total. The number of hydrogen-bond donors (Lipinski definition) is 3. The number of aromatic nitrogens is 2. The molecule has 1 unspecified atom stereocenters. The Morgan fingerprint density at radius 3 is 3.00 bits per heavy atom. The van der Waals surface area contributed by atoms with Gasteiger partial charge in [-0.25, -0.2) is 0 Å². The molecule has 96 valence electrons. The highest BCUT2D eigenvalue weighted by atomic mass is 15.1. The fraction of sp³-hybridized carbons (Fsp3) is 0.357. The average molecular weight is 244 g/mol. The topological polar surface area (TPSA) is 52.7 Å². The lowest BCUT2D eigenvalue weighted by Gasteiger charge is -2.16. The van der Waals surface area contributed by atoms with Crippen LogP contribution in [-0.2, 0) is 6.42 Å². The normalized spacial score (nSPS) is 12.6. The van der Waals surface area contributed by atoms with Crippen molar-refractivity contribution in [2.75, 3.05) is 13.6 Å². The van der Waals surface area contributed by atoms with Gasteiger partial charge in [-0.2, -0.15) is 5.10 Å². The minimum atomic E-state index is 0.317. The standard InChI is InChI=1S/C14H20N4/c1-10(16-11(2)9-15-3)8-14-12-6-4-5-7-13(12)17-18-14/h4-7,10,15-16H,2,8-9H2,1,3H3,(H,17,18). The maximum atomic E-state index is 4.38. The van der Waals surface area contributed by atoms with Crippen molar-refractivity contribution in [1.82, 2.24) is 20.8 Å². The SMILES string of the molecule is C=C(CNC)NC(C)Cc1n[nH]c2ccccc12. The highest BCUT2D eigenvalue weighted by molar-refractivity contribution is 5.81. The average Bonchev–Trinajstić information content (AvgIpc) is 2.73. The zero-order chi connectivity index (χ0) is 13.0. The van der Waals surface area contributed by atoms with E-state index in [4.69, 9.17) is 0 Å². The van der Waals surface area contributed by atoms with E-state index in [1.807, 2.05) is 25.2 Å². The molecular weight excluding hydrogens is 224 g/mol. The summed E-state index contributed by atoms with van der Waals surface area (Å²) in [4.78, 5) is 0. The van der Waals surface area contributed by atoms with Gasteiger partial charge in [-0.15, -0.1) is 0 Å². The van der Waals surface area contributed by atoms with Gasteiger partial charge in [0.1, 0.15) is 0 Å². The number of aromatic amines is 1. The van der Waals surface area contributed by atoms with Gasteiger partial charge in [0.25, 0.3) is 0 Å². The summed E-state index contributed by atoms with van der Waals surface area (Å²) in [5.41, 5.74) is 3.20. The molecule has 0 amide bonds. The van der Waals surface area contributed by atoms with Crippen LogP contribution in [0.2, 0.25) is 0 Å². The number of fused-ring (bicyclic) bond motifs is 1. The second-order valence-electron chi connectivity index (χ2n) is 4.60. The molecular formula is C14H20N4. The van der Waals surface area contributed by atoms with Crippen LogP contribution in [0.1, 0.15) is 12.6 Å². The van der Waals surface area contributed by atoms with Crippen LogP contribution >= 0.6 is 0 Å². The Kier molecular flexibility index (Phi) is 3.99. The summed E-state index contributed by atoms with van der Waals surface area (Å²) in [6, 6.07) is 8.52. The highest BCUT2D eigenvalue weighted by Crippen LogP contribution is 2.16. The van der Waals surface area contributed by atoms with Gasteiger partial charge in [-0.3, -0.25) is 5.10 Å². The van der Waals surface area contributed by atoms with E-state index in [1.165, 1.54) is 5.39 Å². The fourth-order valence-corrected chi connectivity index (χ4v) is 2.13. The number of nitrogens with zero attached hydrogens (tertiary/aromatic N) is 1. The lowest BCUT2D eigenvalue weighted by Crippen LogP contribution is -2.31. The smallest absolute Gasteiger partial charge is 0.0721 e. The lowest BCUT2D eigenvalue weighted by molar-refractivity contribution is 0.589. The number of nitrogens with one attached hydrogen (secondary N) is 3. The Hall–Kier alpha value is -1.81. The Morgan fingerprint density at radius 2 is 2.22 bits per heavy atom. The first-order valence-corrected chi connectivity index (χ1v) is 6.21. The van der Waals surface area contributed by atoms with Gasteiger partial charge in [0.2, 0.25) is 0 Å². The Labute approximate surface area is 107 Å². The molecule has 0 spiro atoms. The van der Waals surface area contributed by atoms with Crippen molar-refractivity contribution in [3.05, 3.63) is 42.2 Å². The molecule has 0 saturated heterocycles. The second-order valence-corrected chi connectivity index (χ2v) is 4.60. The summed E-state index contributed by atoms with van der Waals surface area (Å²) in [7, 11) is 1.92. The summed E-state index contributed by atoms with van der Waals surface area (Å²) in [5.74, 6) is 0. The molecule has 2 aromatic rings. The van der Waals surface area contributed by atoms with Gasteiger partial charge in [0.05, 0.1) is 11.2 Å². The van der Waals surface area contributed by atoms with Gasteiger partial charge in [0.15, 0.2) is 0 Å². The van der Waals surface area contributed by atoms with E-state index < -0.39 is 0 Å². The van der Waals surface area contributed by atoms with E-state index in [9.17, 15) is 0 Å². The van der Waals surface area contributed by atoms with Crippen molar-refractivity contribution in [2.24, 2.45) is 0 Å². The van der Waals surface area contributed by atoms with Gasteiger partial charge < -0.3 is 10.6 Å². The number of hydrogen-bond acceptors (Lipinski definition) is 3. The summed E-state index contributed by atoms with van der Waals surface area (Å²) < 4.78 is 0. The first-order chi connectivity index (χ1) is 8.70. The second kappa shape index (κ2) is 5.69. The molecule has 1 aromatic heterocycles. The molecule has 0 aliphatic heterocycles. The summed E-state index contributed by atoms with van der Waals surface area (Å²) in [6.45, 7) is 6.90. The molecule has 0 bridgehead atoms. The number of likely N-dealkylation sites (N-methyl/N-ethyl adjacent to an activating group) is 1. The van der Waals surface area contributed by atoms with Crippen LogP contribution in [0.3, 0.4) is 0 Å². The van der Waals surface area contributed by atoms with Crippen LogP contribution < -0.4 is 10.6 Å². The fourth-order valence-electron chi connectivity index (χ4n) is 2.13. The Balaban J connectivity index is 2.03. The molecule has 0 saturated carbocycles. The van der Waals surface area contributed by atoms with Crippen molar-refractivity contribution in [3.63, 3.8) is 0 Å². The third kappa shape index (κ3) is 2.90. The van der Waals surface area contributed by atoms with E-state index in [2.05, 4.69) is 40.4 Å². The van der Waals surface area contributed by atoms with E-state index in [-0.39, 0.29) is 0 Å². The van der Waals surface area contributed by atoms with E-state index in [0.29, 0.717) is 6.04 Å². The quantitative estimate of drug-likeness (QED) is 0.726. The van der Waals surface area contributed by atoms with Crippen molar-refractivity contribution >= 4 is 10.9 Å². The monoisotopic (exact) mass is 244 g/mol. The molecule has 0 fully saturated rings. The lowest BCUT2D eigenvalue weighted by atomic mass is 10.1. The maximum Gasteiger partial charge on any atom is 0.0721 e. The molecule has 0 aliphatic rings. The van der Waals surface area contributed by atoms with E-state index in [1.54, 1.807) is 0 Å². The molecule has 3 N–H and O–H groups in total. The van der Waals surface area contributed by atoms with Gasteiger partial charge in [-0.05, 0) is 20.0 Å². The largest absolute Gasteiger partial charge is 0.385 e. The number of benzene rings is 1. The van der Waals surface area contributed by atoms with E-state index in [0.717, 1.165) is 29.9 Å². The molecule has 1 atom stereocenters. The van der Waals surface area contributed by atoms with Crippen LogP contribution in [0.15, 0.2) is 36.5 Å². The minimum Gasteiger partial charge on any atom is -0.385 e. The van der Waals surface area contributed by atoms with Crippen LogP contribution in [0.25, 0.3) is 10.9 Å². The highest BCUT2D eigenvalue weighted by Gasteiger charge is 2.09. The number of para-hydroxylation sites is 1. The third-order valence-electron chi connectivity index (χ3n) is 2.89.